The second-order valence-corrected chi connectivity index (χ2v) is 3.97. The number of hydrogen-bond acceptors (Lipinski definition) is 2. The highest BCUT2D eigenvalue weighted by Crippen LogP contribution is 2.42. The van der Waals surface area contributed by atoms with E-state index in [-0.39, 0.29) is 0 Å². The largest absolute Gasteiger partial charge is 0.384 e. The van der Waals surface area contributed by atoms with Crippen molar-refractivity contribution in [1.82, 2.24) is 9.78 Å². The zero-order valence-electron chi connectivity index (χ0n) is 8.33. The Balaban J connectivity index is 2.25. The Labute approximate surface area is 78.9 Å². The molecule has 0 radical (unpaired) electrons. The summed E-state index contributed by atoms with van der Waals surface area (Å²) in [6, 6.07) is 2.49. The molecule has 2 rings (SSSR count). The number of hydrogen-bond donors (Lipinski definition) is 1. The van der Waals surface area contributed by atoms with E-state index < -0.39 is 0 Å². The van der Waals surface area contributed by atoms with Gasteiger partial charge in [-0.15, -0.1) is 0 Å². The predicted octanol–water partition coefficient (Wildman–Crippen LogP) is 2.13. The van der Waals surface area contributed by atoms with Gasteiger partial charge in [-0.2, -0.15) is 5.10 Å². The van der Waals surface area contributed by atoms with E-state index in [1.54, 1.807) is 0 Å². The number of nitrogens with zero attached hydrogens (tertiary/aromatic N) is 2. The average molecular weight is 179 g/mol. The summed E-state index contributed by atoms with van der Waals surface area (Å²) in [5.74, 6) is 1.64. The van der Waals surface area contributed by atoms with Crippen molar-refractivity contribution in [2.75, 3.05) is 5.73 Å². The Kier molecular flexibility index (Phi) is 2.02. The summed E-state index contributed by atoms with van der Waals surface area (Å²) in [6.45, 7) is 4.20. The number of aromatic nitrogens is 2. The fraction of sp³-hybridized carbons (Fsp3) is 0.700. The van der Waals surface area contributed by atoms with Crippen LogP contribution >= 0.6 is 0 Å². The summed E-state index contributed by atoms with van der Waals surface area (Å²) in [7, 11) is 0. The van der Waals surface area contributed by atoms with E-state index in [4.69, 9.17) is 5.73 Å². The van der Waals surface area contributed by atoms with Crippen LogP contribution in [0.3, 0.4) is 0 Å². The maximum Gasteiger partial charge on any atom is 0.122 e. The van der Waals surface area contributed by atoms with E-state index in [9.17, 15) is 0 Å². The molecule has 1 atom stereocenters. The molecule has 0 bridgehead atoms. The van der Waals surface area contributed by atoms with Gasteiger partial charge in [-0.25, -0.2) is 4.68 Å². The molecule has 3 heteroatoms. The lowest BCUT2D eigenvalue weighted by molar-refractivity contribution is 0.397. The second-order valence-electron chi connectivity index (χ2n) is 3.97. The zero-order chi connectivity index (χ0) is 9.42. The SMILES string of the molecule is CCC(C1CC1)n1nc(C)cc1N. The Morgan fingerprint density at radius 3 is 2.77 bits per heavy atom. The number of nitrogen functional groups attached to an aromatic ring is 1. The molecule has 0 amide bonds. The molecule has 1 fully saturated rings. The molecule has 13 heavy (non-hydrogen) atoms. The fourth-order valence-corrected chi connectivity index (χ4v) is 1.99. The smallest absolute Gasteiger partial charge is 0.122 e. The molecule has 0 saturated heterocycles. The number of rotatable bonds is 3. The van der Waals surface area contributed by atoms with Crippen LogP contribution in [-0.2, 0) is 0 Å². The lowest BCUT2D eigenvalue weighted by Gasteiger charge is -2.15. The van der Waals surface area contributed by atoms with Crippen LogP contribution in [0.1, 0.15) is 37.9 Å². The van der Waals surface area contributed by atoms with Gasteiger partial charge in [0.2, 0.25) is 0 Å². The van der Waals surface area contributed by atoms with Crippen molar-refractivity contribution >= 4 is 5.82 Å². The van der Waals surface area contributed by atoms with E-state index in [0.717, 1.165) is 23.9 Å². The molecular weight excluding hydrogens is 162 g/mol. The van der Waals surface area contributed by atoms with Crippen LogP contribution in [-0.4, -0.2) is 9.78 Å². The summed E-state index contributed by atoms with van der Waals surface area (Å²) in [5, 5.41) is 4.43. The molecule has 0 aromatic carbocycles. The van der Waals surface area contributed by atoms with Crippen molar-refractivity contribution in [3.05, 3.63) is 11.8 Å². The molecule has 1 aromatic heterocycles. The molecule has 1 aliphatic rings. The molecule has 1 saturated carbocycles. The van der Waals surface area contributed by atoms with Crippen LogP contribution in [0.5, 0.6) is 0 Å². The maximum absolute atomic E-state index is 5.88. The number of aryl methyl sites for hydroxylation is 1. The van der Waals surface area contributed by atoms with E-state index in [0.29, 0.717) is 6.04 Å². The maximum atomic E-state index is 5.88. The lowest BCUT2D eigenvalue weighted by Crippen LogP contribution is -2.14. The van der Waals surface area contributed by atoms with Gasteiger partial charge in [-0.3, -0.25) is 0 Å². The quantitative estimate of drug-likeness (QED) is 0.772. The van der Waals surface area contributed by atoms with Crippen molar-refractivity contribution in [3.8, 4) is 0 Å². The monoisotopic (exact) mass is 179 g/mol. The van der Waals surface area contributed by atoms with Gasteiger partial charge in [-0.1, -0.05) is 6.92 Å². The first-order valence-corrected chi connectivity index (χ1v) is 5.04. The van der Waals surface area contributed by atoms with Gasteiger partial charge in [0.05, 0.1) is 11.7 Å². The minimum absolute atomic E-state index is 0.536. The first kappa shape index (κ1) is 8.60. The van der Waals surface area contributed by atoms with E-state index in [2.05, 4.69) is 12.0 Å². The number of nitrogens with two attached hydrogens (primary N) is 1. The van der Waals surface area contributed by atoms with Crippen LogP contribution < -0.4 is 5.73 Å². The molecule has 3 nitrogen and oxygen atoms in total. The van der Waals surface area contributed by atoms with Crippen molar-refractivity contribution in [2.45, 2.75) is 39.2 Å². The highest BCUT2D eigenvalue weighted by atomic mass is 15.3. The molecule has 1 aliphatic carbocycles. The Morgan fingerprint density at radius 2 is 2.38 bits per heavy atom. The average Bonchev–Trinajstić information content (AvgIpc) is 2.82. The van der Waals surface area contributed by atoms with Crippen molar-refractivity contribution in [3.63, 3.8) is 0 Å². The minimum Gasteiger partial charge on any atom is -0.384 e. The molecule has 2 N–H and O–H groups in total. The van der Waals surface area contributed by atoms with Gasteiger partial charge < -0.3 is 5.73 Å². The lowest BCUT2D eigenvalue weighted by atomic mass is 10.1. The third-order valence-corrected chi connectivity index (χ3v) is 2.79. The molecule has 1 aromatic rings. The van der Waals surface area contributed by atoms with Crippen molar-refractivity contribution < 1.29 is 0 Å². The molecule has 0 spiro atoms. The summed E-state index contributed by atoms with van der Waals surface area (Å²) in [6.07, 6.45) is 3.82. The Hall–Kier alpha value is -0.990. The summed E-state index contributed by atoms with van der Waals surface area (Å²) in [5.41, 5.74) is 6.91. The van der Waals surface area contributed by atoms with Gasteiger partial charge >= 0.3 is 0 Å². The molecule has 0 aliphatic heterocycles. The van der Waals surface area contributed by atoms with Gasteiger partial charge in [-0.05, 0) is 32.1 Å². The molecule has 1 heterocycles. The first-order valence-electron chi connectivity index (χ1n) is 5.04. The Morgan fingerprint density at radius 1 is 1.69 bits per heavy atom. The highest BCUT2D eigenvalue weighted by molar-refractivity contribution is 5.31. The van der Waals surface area contributed by atoms with Gasteiger partial charge in [0.25, 0.3) is 0 Å². The fourth-order valence-electron chi connectivity index (χ4n) is 1.99. The predicted molar refractivity (Wildman–Crippen MR) is 53.4 cm³/mol. The van der Waals surface area contributed by atoms with Crippen LogP contribution in [0, 0.1) is 12.8 Å². The van der Waals surface area contributed by atoms with Gasteiger partial charge in [0.1, 0.15) is 5.82 Å². The molecular formula is C10H17N3. The summed E-state index contributed by atoms with van der Waals surface area (Å²) < 4.78 is 2.01. The van der Waals surface area contributed by atoms with Crippen molar-refractivity contribution in [2.24, 2.45) is 5.92 Å². The summed E-state index contributed by atoms with van der Waals surface area (Å²) >= 11 is 0. The van der Waals surface area contributed by atoms with E-state index in [1.807, 2.05) is 17.7 Å². The van der Waals surface area contributed by atoms with Crippen LogP contribution in [0.25, 0.3) is 0 Å². The van der Waals surface area contributed by atoms with Crippen LogP contribution in [0.2, 0.25) is 0 Å². The van der Waals surface area contributed by atoms with E-state index in [1.165, 1.54) is 12.8 Å². The molecule has 1 unspecified atom stereocenters. The van der Waals surface area contributed by atoms with E-state index >= 15 is 0 Å². The second kappa shape index (κ2) is 3.05. The summed E-state index contributed by atoms with van der Waals surface area (Å²) in [4.78, 5) is 0. The zero-order valence-corrected chi connectivity index (χ0v) is 8.33. The van der Waals surface area contributed by atoms with Crippen LogP contribution in [0.4, 0.5) is 5.82 Å². The number of anilines is 1. The van der Waals surface area contributed by atoms with Gasteiger partial charge in [0, 0.05) is 6.07 Å². The normalized spacial score (nSPS) is 18.9. The van der Waals surface area contributed by atoms with Crippen molar-refractivity contribution in [1.29, 1.82) is 0 Å². The van der Waals surface area contributed by atoms with Crippen LogP contribution in [0.15, 0.2) is 6.07 Å². The van der Waals surface area contributed by atoms with Gasteiger partial charge in [0.15, 0.2) is 0 Å². The minimum atomic E-state index is 0.536. The topological polar surface area (TPSA) is 43.8 Å². The molecule has 72 valence electrons. The third kappa shape index (κ3) is 1.55. The standard InChI is InChI=1S/C10H17N3/c1-3-9(8-4-5-8)13-10(11)6-7(2)12-13/h6,8-9H,3-5,11H2,1-2H3. The highest BCUT2D eigenvalue weighted by Gasteiger charge is 2.32. The first-order chi connectivity index (χ1) is 6.22. The Bertz CT molecular complexity index is 299. The third-order valence-electron chi connectivity index (χ3n) is 2.79.